The zero-order valence-corrected chi connectivity index (χ0v) is 3.07. The lowest BCUT2D eigenvalue weighted by molar-refractivity contribution is 4.19. The second-order valence-electron chi connectivity index (χ2n) is 0.491. The summed E-state index contributed by atoms with van der Waals surface area (Å²) in [6.07, 6.45) is 0. The summed E-state index contributed by atoms with van der Waals surface area (Å²) in [7, 11) is 9.51. The SMILES string of the molecule is [B]B([B])S. The van der Waals surface area contributed by atoms with Gasteiger partial charge >= 0.3 is 0 Å². The van der Waals surface area contributed by atoms with Gasteiger partial charge in [-0.15, -0.1) is 0 Å². The summed E-state index contributed by atoms with van der Waals surface area (Å²) in [6.45, 7) is 0. The third-order valence-corrected chi connectivity index (χ3v) is 0. The van der Waals surface area contributed by atoms with Crippen LogP contribution < -0.4 is 0 Å². The molecule has 4 heavy (non-hydrogen) atoms. The molecule has 16 valence electrons. The van der Waals surface area contributed by atoms with Crippen molar-refractivity contribution < 1.29 is 0 Å². The van der Waals surface area contributed by atoms with Crippen molar-refractivity contribution in [2.45, 2.75) is 0 Å². The highest BCUT2D eigenvalue weighted by molar-refractivity contribution is 8.20. The van der Waals surface area contributed by atoms with Crippen LogP contribution in [0.25, 0.3) is 0 Å². The third-order valence-electron chi connectivity index (χ3n) is 0. The molecule has 0 unspecified atom stereocenters. The molecule has 0 rings (SSSR count). The minimum absolute atomic E-state index is 0.472. The highest BCUT2D eigenvalue weighted by atomic mass is 32.1. The molecule has 0 aliphatic carbocycles. The molecular formula is HB3S. The lowest BCUT2D eigenvalue weighted by Gasteiger charge is -1.72. The first kappa shape index (κ1) is 4.54. The average molecular weight is 65.5 g/mol. The molecular weight excluding hydrogens is 64.5 g/mol. The molecule has 0 aromatic heterocycles. The Morgan fingerprint density at radius 3 is 1.50 bits per heavy atom. The van der Waals surface area contributed by atoms with E-state index in [1.54, 1.807) is 0 Å². The maximum atomic E-state index is 4.75. The highest BCUT2D eigenvalue weighted by Gasteiger charge is 1.76. The van der Waals surface area contributed by atoms with Gasteiger partial charge in [-0.25, -0.2) is 12.5 Å². The summed E-state index contributed by atoms with van der Waals surface area (Å²) in [6, 6.07) is 0. The smallest absolute Gasteiger partial charge is 0.108 e. The second-order valence-corrected chi connectivity index (χ2v) is 1.09. The fourth-order valence-corrected chi connectivity index (χ4v) is 0. The molecule has 0 aromatic rings. The zero-order valence-electron chi connectivity index (χ0n) is 2.18. The van der Waals surface area contributed by atoms with Crippen LogP contribution in [0.1, 0.15) is 0 Å². The largest absolute Gasteiger partial charge is 0.248 e. The molecule has 0 nitrogen and oxygen atoms in total. The highest BCUT2D eigenvalue weighted by Crippen LogP contribution is 1.63. The Hall–Kier alpha value is 0.545. The number of thiol groups is 1. The van der Waals surface area contributed by atoms with Crippen molar-refractivity contribution in [2.24, 2.45) is 0 Å². The fraction of sp³-hybridized carbons (Fsp3) is 0. The first-order chi connectivity index (χ1) is 1.73. The van der Waals surface area contributed by atoms with Crippen LogP contribution >= 0.6 is 12.5 Å². The van der Waals surface area contributed by atoms with Gasteiger partial charge in [-0.05, 0) is 0 Å². The number of hydrogen-bond acceptors (Lipinski definition) is 1. The van der Waals surface area contributed by atoms with E-state index >= 15 is 0 Å². The first-order valence-corrected chi connectivity index (χ1v) is 1.44. The van der Waals surface area contributed by atoms with E-state index in [1.165, 1.54) is 0 Å². The Morgan fingerprint density at radius 2 is 1.50 bits per heavy atom. The maximum absolute atomic E-state index is 4.75. The molecule has 0 aromatic carbocycles. The Labute approximate surface area is 34.5 Å². The zero-order chi connectivity index (χ0) is 3.58. The molecule has 0 heterocycles. The molecule has 0 bridgehead atoms. The van der Waals surface area contributed by atoms with Crippen LogP contribution in [0, 0.1) is 0 Å². The summed E-state index contributed by atoms with van der Waals surface area (Å²) < 4.78 is 0. The van der Waals surface area contributed by atoms with E-state index in [2.05, 4.69) is 12.5 Å². The van der Waals surface area contributed by atoms with Crippen LogP contribution in [0.2, 0.25) is 0 Å². The van der Waals surface area contributed by atoms with Crippen molar-refractivity contribution in [3.63, 3.8) is 0 Å². The van der Waals surface area contributed by atoms with Gasteiger partial charge in [0.25, 0.3) is 0 Å². The lowest BCUT2D eigenvalue weighted by Crippen LogP contribution is -2.00. The van der Waals surface area contributed by atoms with Gasteiger partial charge in [-0.1, -0.05) is 0 Å². The predicted octanol–water partition coefficient (Wildman–Crippen LogP) is -0.762. The number of hydrogen-bond donors (Lipinski definition) is 1. The van der Waals surface area contributed by atoms with Crippen LogP contribution in [0.15, 0.2) is 0 Å². The van der Waals surface area contributed by atoms with E-state index in [4.69, 9.17) is 15.5 Å². The van der Waals surface area contributed by atoms with Crippen molar-refractivity contribution in [3.8, 4) is 0 Å². The van der Waals surface area contributed by atoms with Crippen LogP contribution in [-0.2, 0) is 0 Å². The van der Waals surface area contributed by atoms with E-state index < -0.39 is 5.77 Å². The summed E-state index contributed by atoms with van der Waals surface area (Å²) in [4.78, 5) is 0. The Kier molecular flexibility index (Phi) is 2.08. The van der Waals surface area contributed by atoms with E-state index in [9.17, 15) is 0 Å². The maximum Gasteiger partial charge on any atom is 0.108 e. The summed E-state index contributed by atoms with van der Waals surface area (Å²) in [5.74, 6) is -0.472. The standard InChI is InChI=1S/B3HS/c1-3(2)4/h4H. The Balaban J connectivity index is 2.32. The summed E-state index contributed by atoms with van der Waals surface area (Å²) in [5, 5.41) is 0. The van der Waals surface area contributed by atoms with E-state index in [0.29, 0.717) is 0 Å². The van der Waals surface area contributed by atoms with Crippen LogP contribution in [0.4, 0.5) is 0 Å². The minimum Gasteiger partial charge on any atom is -0.248 e. The molecule has 4 radical (unpaired) electrons. The van der Waals surface area contributed by atoms with Gasteiger partial charge in [0.15, 0.2) is 0 Å². The van der Waals surface area contributed by atoms with Gasteiger partial charge in [0.2, 0.25) is 0 Å². The molecule has 4 heteroatoms. The van der Waals surface area contributed by atoms with E-state index in [0.717, 1.165) is 0 Å². The lowest BCUT2D eigenvalue weighted by atomic mass is 9.38. The summed E-state index contributed by atoms with van der Waals surface area (Å²) in [5.41, 5.74) is 0. The second kappa shape index (κ2) is 1.83. The average Bonchev–Trinajstić information content (AvgIpc) is 0.811. The van der Waals surface area contributed by atoms with Gasteiger partial charge in [0.1, 0.15) is 5.77 Å². The molecule has 0 N–H and O–H groups in total. The molecule has 0 atom stereocenters. The monoisotopic (exact) mass is 66.0 g/mol. The molecule has 0 spiro atoms. The molecule has 0 fully saturated rings. The van der Waals surface area contributed by atoms with Crippen molar-refractivity contribution in [1.29, 1.82) is 0 Å². The quantitative estimate of drug-likeness (QED) is 0.278. The summed E-state index contributed by atoms with van der Waals surface area (Å²) >= 11 is 3.52. The Bertz CT molecular complexity index is 8.00. The van der Waals surface area contributed by atoms with E-state index in [1.807, 2.05) is 0 Å². The van der Waals surface area contributed by atoms with Gasteiger partial charge in [-0.3, -0.25) is 0 Å². The molecule has 0 aliphatic rings. The molecule has 0 saturated heterocycles. The normalized spacial score (nSPS) is 6.25. The van der Waals surface area contributed by atoms with Crippen molar-refractivity contribution in [3.05, 3.63) is 0 Å². The van der Waals surface area contributed by atoms with Gasteiger partial charge in [0.05, 0.1) is 0 Å². The third kappa shape index (κ3) is 20.5. The molecule has 0 aliphatic heterocycles. The topological polar surface area (TPSA) is 0 Å². The first-order valence-electron chi connectivity index (χ1n) is 0.925. The van der Waals surface area contributed by atoms with Crippen molar-refractivity contribution >= 4 is 33.7 Å². The van der Waals surface area contributed by atoms with Gasteiger partial charge < -0.3 is 0 Å². The fourth-order valence-electron chi connectivity index (χ4n) is 0. The van der Waals surface area contributed by atoms with E-state index in [-0.39, 0.29) is 0 Å². The number of rotatable bonds is 0. The molecule has 0 amide bonds. The van der Waals surface area contributed by atoms with Crippen molar-refractivity contribution in [2.75, 3.05) is 0 Å². The van der Waals surface area contributed by atoms with Gasteiger partial charge in [-0.2, -0.15) is 0 Å². The Morgan fingerprint density at radius 1 is 1.50 bits per heavy atom. The van der Waals surface area contributed by atoms with Crippen molar-refractivity contribution in [1.82, 2.24) is 0 Å². The van der Waals surface area contributed by atoms with Crippen LogP contribution in [0.3, 0.4) is 0 Å². The van der Waals surface area contributed by atoms with Crippen LogP contribution in [0.5, 0.6) is 0 Å². The van der Waals surface area contributed by atoms with Gasteiger partial charge in [0, 0.05) is 15.5 Å². The predicted molar refractivity (Wildman–Crippen MR) is 26.2 cm³/mol. The van der Waals surface area contributed by atoms with Crippen LogP contribution in [-0.4, -0.2) is 21.2 Å². The molecule has 0 saturated carbocycles. The minimum atomic E-state index is -0.472.